The van der Waals surface area contributed by atoms with Crippen LogP contribution in [0.4, 0.5) is 0 Å². The van der Waals surface area contributed by atoms with Crippen molar-refractivity contribution in [3.63, 3.8) is 0 Å². The summed E-state index contributed by atoms with van der Waals surface area (Å²) in [5, 5.41) is 6.40. The average Bonchev–Trinajstić information content (AvgIpc) is 2.50. The minimum Gasteiger partial charge on any atom is -0.315 e. The summed E-state index contributed by atoms with van der Waals surface area (Å²) in [4.78, 5) is 1.32. The van der Waals surface area contributed by atoms with E-state index in [1.165, 1.54) is 4.88 Å². The van der Waals surface area contributed by atoms with Gasteiger partial charge in [-0.3, -0.25) is 0 Å². The van der Waals surface area contributed by atoms with Crippen LogP contribution in [0.15, 0.2) is 11.4 Å². The Kier molecular flexibility index (Phi) is 4.93. The third-order valence-corrected chi connectivity index (χ3v) is 3.81. The highest BCUT2D eigenvalue weighted by Gasteiger charge is 2.10. The van der Waals surface area contributed by atoms with E-state index < -0.39 is 0 Å². The Labute approximate surface area is 95.5 Å². The van der Waals surface area contributed by atoms with Crippen molar-refractivity contribution in [2.24, 2.45) is 0 Å². The first-order chi connectivity index (χ1) is 6.61. The molecule has 1 heterocycles. The predicted octanol–water partition coefficient (Wildman–Crippen LogP) is 3.89. The monoisotopic (exact) mass is 231 g/mol. The zero-order valence-corrected chi connectivity index (χ0v) is 10.6. The van der Waals surface area contributed by atoms with Gasteiger partial charge in [0.15, 0.2) is 0 Å². The van der Waals surface area contributed by atoms with Gasteiger partial charge in [0.25, 0.3) is 0 Å². The molecule has 0 saturated carbocycles. The molecule has 0 fully saturated rings. The van der Waals surface area contributed by atoms with Crippen molar-refractivity contribution in [1.29, 1.82) is 0 Å². The fourth-order valence-corrected chi connectivity index (χ4v) is 2.72. The predicted molar refractivity (Wildman–Crippen MR) is 65.5 cm³/mol. The second-order valence-corrected chi connectivity index (χ2v) is 5.29. The molecule has 3 heteroatoms. The van der Waals surface area contributed by atoms with Crippen LogP contribution in [0, 0.1) is 0 Å². The zero-order chi connectivity index (χ0) is 10.6. The summed E-state index contributed by atoms with van der Waals surface area (Å²) in [5.74, 6) is 0.564. The molecular formula is C11H18ClNS. The molecule has 80 valence electrons. The number of rotatable bonds is 5. The first kappa shape index (κ1) is 12.0. The van der Waals surface area contributed by atoms with Crippen molar-refractivity contribution < 1.29 is 0 Å². The minimum absolute atomic E-state index is 0.564. The van der Waals surface area contributed by atoms with E-state index in [1.54, 1.807) is 11.3 Å². The van der Waals surface area contributed by atoms with Gasteiger partial charge in [0, 0.05) is 10.9 Å². The third-order valence-electron chi connectivity index (χ3n) is 2.22. The van der Waals surface area contributed by atoms with Crippen molar-refractivity contribution in [1.82, 2.24) is 5.32 Å². The highest BCUT2D eigenvalue weighted by Crippen LogP contribution is 2.31. The molecule has 14 heavy (non-hydrogen) atoms. The van der Waals surface area contributed by atoms with Crippen molar-refractivity contribution in [3.05, 3.63) is 21.3 Å². The number of hydrogen-bond donors (Lipinski definition) is 1. The van der Waals surface area contributed by atoms with Crippen molar-refractivity contribution in [2.45, 2.75) is 39.2 Å². The largest absolute Gasteiger partial charge is 0.315 e. The van der Waals surface area contributed by atoms with E-state index in [4.69, 9.17) is 11.6 Å². The minimum atomic E-state index is 0.564. The SMILES string of the molecule is CC(C)NCCC(C)c1sccc1Cl. The molecule has 0 amide bonds. The Morgan fingerprint density at radius 1 is 1.43 bits per heavy atom. The van der Waals surface area contributed by atoms with Crippen LogP contribution in [0.25, 0.3) is 0 Å². The Hall–Kier alpha value is -0.0500. The summed E-state index contributed by atoms with van der Waals surface area (Å²) in [6.07, 6.45) is 1.15. The van der Waals surface area contributed by atoms with Crippen LogP contribution in [0.3, 0.4) is 0 Å². The highest BCUT2D eigenvalue weighted by molar-refractivity contribution is 7.10. The lowest BCUT2D eigenvalue weighted by Crippen LogP contribution is -2.24. The molecule has 0 aliphatic carbocycles. The molecule has 1 atom stereocenters. The normalized spacial score (nSPS) is 13.5. The summed E-state index contributed by atoms with van der Waals surface area (Å²) in [7, 11) is 0. The summed E-state index contributed by atoms with van der Waals surface area (Å²) < 4.78 is 0. The van der Waals surface area contributed by atoms with Gasteiger partial charge >= 0.3 is 0 Å². The summed E-state index contributed by atoms with van der Waals surface area (Å²) >= 11 is 7.82. The molecule has 1 rings (SSSR count). The van der Waals surface area contributed by atoms with Gasteiger partial charge in [-0.25, -0.2) is 0 Å². The lowest BCUT2D eigenvalue weighted by atomic mass is 10.1. The third kappa shape index (κ3) is 3.60. The number of nitrogens with one attached hydrogen (secondary N) is 1. The van der Waals surface area contributed by atoms with Gasteiger partial charge in [-0.05, 0) is 30.3 Å². The zero-order valence-electron chi connectivity index (χ0n) is 9.01. The number of thiophene rings is 1. The number of hydrogen-bond acceptors (Lipinski definition) is 2. The second kappa shape index (κ2) is 5.74. The molecule has 0 radical (unpaired) electrons. The Balaban J connectivity index is 2.36. The molecular weight excluding hydrogens is 214 g/mol. The topological polar surface area (TPSA) is 12.0 Å². The van der Waals surface area contributed by atoms with Gasteiger partial charge in [0.1, 0.15) is 0 Å². The summed E-state index contributed by atoms with van der Waals surface area (Å²) in [5.41, 5.74) is 0. The molecule has 1 aromatic heterocycles. The molecule has 1 N–H and O–H groups in total. The van der Waals surface area contributed by atoms with E-state index in [9.17, 15) is 0 Å². The summed E-state index contributed by atoms with van der Waals surface area (Å²) in [6, 6.07) is 2.55. The molecule has 0 aliphatic rings. The molecule has 0 spiro atoms. The van der Waals surface area contributed by atoms with E-state index in [0.717, 1.165) is 18.0 Å². The molecule has 1 nitrogen and oxygen atoms in total. The van der Waals surface area contributed by atoms with E-state index in [2.05, 4.69) is 31.5 Å². The van der Waals surface area contributed by atoms with Crippen LogP contribution in [0.2, 0.25) is 5.02 Å². The van der Waals surface area contributed by atoms with Crippen molar-refractivity contribution in [2.75, 3.05) is 6.54 Å². The maximum absolute atomic E-state index is 6.07. The molecule has 1 aromatic rings. The first-order valence-corrected chi connectivity index (χ1v) is 6.33. The van der Waals surface area contributed by atoms with Crippen molar-refractivity contribution in [3.8, 4) is 0 Å². The lowest BCUT2D eigenvalue weighted by Gasteiger charge is -2.12. The Bertz CT molecular complexity index is 270. The van der Waals surface area contributed by atoms with Crippen LogP contribution in [-0.4, -0.2) is 12.6 Å². The van der Waals surface area contributed by atoms with Crippen molar-refractivity contribution >= 4 is 22.9 Å². The average molecular weight is 232 g/mol. The van der Waals surface area contributed by atoms with E-state index in [-0.39, 0.29) is 0 Å². The number of halogens is 1. The smallest absolute Gasteiger partial charge is 0.0547 e. The first-order valence-electron chi connectivity index (χ1n) is 5.07. The van der Waals surface area contributed by atoms with Crippen LogP contribution in [-0.2, 0) is 0 Å². The molecule has 0 aromatic carbocycles. The van der Waals surface area contributed by atoms with E-state index in [0.29, 0.717) is 12.0 Å². The van der Waals surface area contributed by atoms with Gasteiger partial charge in [-0.2, -0.15) is 0 Å². The molecule has 1 unspecified atom stereocenters. The van der Waals surface area contributed by atoms with Gasteiger partial charge < -0.3 is 5.32 Å². The standard InChI is InChI=1S/C11H18ClNS/c1-8(2)13-6-4-9(3)11-10(12)5-7-14-11/h5,7-9,13H,4,6H2,1-3H3. The lowest BCUT2D eigenvalue weighted by molar-refractivity contribution is 0.544. The maximum atomic E-state index is 6.07. The Morgan fingerprint density at radius 2 is 2.14 bits per heavy atom. The fourth-order valence-electron chi connectivity index (χ4n) is 1.38. The van der Waals surface area contributed by atoms with Gasteiger partial charge in [0.05, 0.1) is 5.02 Å². The van der Waals surface area contributed by atoms with E-state index >= 15 is 0 Å². The molecule has 0 aliphatic heterocycles. The van der Waals surface area contributed by atoms with Crippen LogP contribution >= 0.6 is 22.9 Å². The maximum Gasteiger partial charge on any atom is 0.0547 e. The second-order valence-electron chi connectivity index (χ2n) is 3.93. The van der Waals surface area contributed by atoms with Crippen LogP contribution in [0.5, 0.6) is 0 Å². The Morgan fingerprint density at radius 3 is 2.64 bits per heavy atom. The molecule has 0 saturated heterocycles. The quantitative estimate of drug-likeness (QED) is 0.811. The fraction of sp³-hybridized carbons (Fsp3) is 0.636. The van der Waals surface area contributed by atoms with E-state index in [1.807, 2.05) is 6.07 Å². The van der Waals surface area contributed by atoms with Crippen LogP contribution < -0.4 is 5.32 Å². The van der Waals surface area contributed by atoms with Gasteiger partial charge in [-0.15, -0.1) is 11.3 Å². The van der Waals surface area contributed by atoms with Gasteiger partial charge in [0.2, 0.25) is 0 Å². The highest BCUT2D eigenvalue weighted by atomic mass is 35.5. The van der Waals surface area contributed by atoms with Gasteiger partial charge in [-0.1, -0.05) is 32.4 Å². The van der Waals surface area contributed by atoms with Crippen LogP contribution in [0.1, 0.15) is 38.0 Å². The molecule has 0 bridgehead atoms. The summed E-state index contributed by atoms with van der Waals surface area (Å²) in [6.45, 7) is 7.64.